The minimum atomic E-state index is -0.808. The van der Waals surface area contributed by atoms with Crippen molar-refractivity contribution in [1.82, 2.24) is 0 Å². The summed E-state index contributed by atoms with van der Waals surface area (Å²) in [6.07, 6.45) is 7.39. The molecule has 3 fully saturated rings. The Hall–Kier alpha value is -0.950. The number of ether oxygens (including phenoxy) is 1. The Morgan fingerprint density at radius 3 is 2.67 bits per heavy atom. The lowest BCUT2D eigenvalue weighted by Gasteiger charge is -2.65. The molecule has 0 aromatic carbocycles. The second-order valence-corrected chi connectivity index (χ2v) is 9.97. The fourth-order valence-electron chi connectivity index (χ4n) is 6.87. The monoisotopic (exact) mass is 380 g/mol. The van der Waals surface area contributed by atoms with Gasteiger partial charge in [0.1, 0.15) is 17.3 Å². The lowest BCUT2D eigenvalue weighted by Crippen LogP contribution is -2.66. The van der Waals surface area contributed by atoms with Gasteiger partial charge >= 0.3 is 5.97 Å². The van der Waals surface area contributed by atoms with Crippen LogP contribution in [0.1, 0.15) is 66.2 Å². The van der Waals surface area contributed by atoms with E-state index in [4.69, 9.17) is 19.4 Å². The van der Waals surface area contributed by atoms with Gasteiger partial charge in [-0.05, 0) is 75.9 Å². The Labute approximate surface area is 161 Å². The molecule has 1 N–H and O–H groups in total. The fraction of sp³-hybridized carbons (Fsp3) is 0.857. The van der Waals surface area contributed by atoms with Gasteiger partial charge in [0.05, 0.1) is 12.5 Å². The normalized spacial score (nSPS) is 46.3. The summed E-state index contributed by atoms with van der Waals surface area (Å²) in [5, 5.41) is 9.37. The first-order chi connectivity index (χ1) is 12.6. The zero-order valence-corrected chi connectivity index (χ0v) is 17.0. The predicted molar refractivity (Wildman–Crippen MR) is 97.5 cm³/mol. The van der Waals surface area contributed by atoms with Crippen LogP contribution in [-0.4, -0.2) is 35.6 Å². The van der Waals surface area contributed by atoms with Crippen LogP contribution in [0.3, 0.4) is 0 Å². The number of carbonyl (C=O) groups is 1. The molecule has 5 aliphatic rings. The Bertz CT molecular complexity index is 672. The minimum absolute atomic E-state index is 0.0201. The van der Waals surface area contributed by atoms with Crippen molar-refractivity contribution < 1.29 is 29.5 Å². The molecule has 0 radical (unpaired) electrons. The van der Waals surface area contributed by atoms with E-state index in [0.717, 1.165) is 44.1 Å². The first-order valence-corrected chi connectivity index (χ1v) is 10.1. The highest BCUT2D eigenvalue weighted by molar-refractivity contribution is 5.77. The highest BCUT2D eigenvalue weighted by atomic mass is 17.2. The maximum absolute atomic E-state index is 12.7. The molecule has 152 valence electrons. The molecule has 1 saturated heterocycles. The third kappa shape index (κ3) is 2.49. The van der Waals surface area contributed by atoms with Crippen molar-refractivity contribution >= 4 is 5.97 Å². The molecular weight excluding hydrogens is 348 g/mol. The van der Waals surface area contributed by atoms with Crippen LogP contribution in [0.15, 0.2) is 11.6 Å². The van der Waals surface area contributed by atoms with Crippen LogP contribution in [0, 0.1) is 22.7 Å². The van der Waals surface area contributed by atoms with Crippen molar-refractivity contribution in [3.05, 3.63) is 11.6 Å². The lowest BCUT2D eigenvalue weighted by molar-refractivity contribution is -0.438. The van der Waals surface area contributed by atoms with E-state index in [0.29, 0.717) is 0 Å². The summed E-state index contributed by atoms with van der Waals surface area (Å²) in [4.78, 5) is 29.2. The number of esters is 1. The number of methoxy groups -OCH3 is 1. The van der Waals surface area contributed by atoms with Crippen molar-refractivity contribution in [3.8, 4) is 0 Å². The van der Waals surface area contributed by atoms with Gasteiger partial charge in [0, 0.05) is 5.92 Å². The number of hydrogen-bond donors (Lipinski definition) is 1. The number of carbonyl (C=O) groups excluding carboxylic acids is 1. The van der Waals surface area contributed by atoms with Crippen LogP contribution in [-0.2, 0) is 24.2 Å². The van der Waals surface area contributed by atoms with Gasteiger partial charge in [0.15, 0.2) is 0 Å². The van der Waals surface area contributed by atoms with Crippen molar-refractivity contribution in [2.75, 3.05) is 7.11 Å². The standard InChI is InChI=1S/C21H32O6/c1-18(2,26-23)13-12-21-10-7-15-19(3,16(21)11-14(13)25-27-21)8-6-9-20(15,4)17(22)24-5/h12,14-16,23H,6-11H2,1-5H3/t14-,15?,16+,19-,20-,21-/m0/s1. The van der Waals surface area contributed by atoms with E-state index < -0.39 is 16.6 Å². The van der Waals surface area contributed by atoms with E-state index in [1.54, 1.807) is 0 Å². The van der Waals surface area contributed by atoms with Crippen LogP contribution in [0.5, 0.6) is 0 Å². The molecule has 2 heterocycles. The largest absolute Gasteiger partial charge is 0.469 e. The van der Waals surface area contributed by atoms with Gasteiger partial charge in [0.25, 0.3) is 0 Å². The predicted octanol–water partition coefficient (Wildman–Crippen LogP) is 4.05. The molecule has 6 heteroatoms. The summed E-state index contributed by atoms with van der Waals surface area (Å²) in [5.74, 6) is 0.451. The molecular formula is C21H32O6. The van der Waals surface area contributed by atoms with E-state index >= 15 is 0 Å². The minimum Gasteiger partial charge on any atom is -0.469 e. The van der Waals surface area contributed by atoms with Crippen molar-refractivity contribution in [3.63, 3.8) is 0 Å². The summed E-state index contributed by atoms with van der Waals surface area (Å²) >= 11 is 0. The zero-order valence-electron chi connectivity index (χ0n) is 17.0. The van der Waals surface area contributed by atoms with Gasteiger partial charge in [-0.25, -0.2) is 14.7 Å². The Balaban J connectivity index is 1.74. The van der Waals surface area contributed by atoms with Gasteiger partial charge in [-0.2, -0.15) is 0 Å². The maximum atomic E-state index is 12.7. The quantitative estimate of drug-likeness (QED) is 0.345. The molecule has 0 amide bonds. The van der Waals surface area contributed by atoms with E-state index in [2.05, 4.69) is 19.9 Å². The third-order valence-electron chi connectivity index (χ3n) is 8.28. The summed E-state index contributed by atoms with van der Waals surface area (Å²) in [6, 6.07) is 0. The third-order valence-corrected chi connectivity index (χ3v) is 8.28. The van der Waals surface area contributed by atoms with Gasteiger partial charge in [0.2, 0.25) is 0 Å². The first kappa shape index (κ1) is 19.4. The summed E-state index contributed by atoms with van der Waals surface area (Å²) in [7, 11) is 1.50. The van der Waals surface area contributed by atoms with Gasteiger partial charge in [-0.15, -0.1) is 0 Å². The number of rotatable bonds is 3. The zero-order chi connectivity index (χ0) is 19.7. The second kappa shape index (κ2) is 6.02. The van der Waals surface area contributed by atoms with E-state index in [1.807, 2.05) is 13.8 Å². The average molecular weight is 380 g/mol. The number of hydrogen-bond acceptors (Lipinski definition) is 6. The fourth-order valence-corrected chi connectivity index (χ4v) is 6.87. The molecule has 0 aromatic rings. The molecule has 2 aliphatic heterocycles. The van der Waals surface area contributed by atoms with Crippen molar-refractivity contribution in [1.29, 1.82) is 0 Å². The van der Waals surface area contributed by atoms with Crippen molar-refractivity contribution in [2.24, 2.45) is 22.7 Å². The van der Waals surface area contributed by atoms with Crippen LogP contribution in [0.25, 0.3) is 0 Å². The Morgan fingerprint density at radius 2 is 2.00 bits per heavy atom. The summed E-state index contributed by atoms with van der Waals surface area (Å²) < 4.78 is 5.21. The molecule has 5 rings (SSSR count). The molecule has 3 aliphatic carbocycles. The highest BCUT2D eigenvalue weighted by Crippen LogP contribution is 2.67. The van der Waals surface area contributed by atoms with Crippen LogP contribution in [0.2, 0.25) is 0 Å². The van der Waals surface area contributed by atoms with Crippen molar-refractivity contribution in [2.45, 2.75) is 83.5 Å². The SMILES string of the molecule is COC(=O)[C@@]1(C)CCC[C@@]2(C)C1CC[C@]13C=C(C(C)(C)OO)[C@H](C[C@@H]12)OO3. The van der Waals surface area contributed by atoms with E-state index in [9.17, 15) is 10.1 Å². The summed E-state index contributed by atoms with van der Waals surface area (Å²) in [5.41, 5.74) is -0.841. The first-order valence-electron chi connectivity index (χ1n) is 10.1. The average Bonchev–Trinajstić information content (AvgIpc) is 2.66. The topological polar surface area (TPSA) is 74.2 Å². The van der Waals surface area contributed by atoms with E-state index in [1.165, 1.54) is 7.11 Å². The lowest BCUT2D eigenvalue weighted by atomic mass is 9.43. The highest BCUT2D eigenvalue weighted by Gasteiger charge is 2.67. The molecule has 1 spiro atoms. The summed E-state index contributed by atoms with van der Waals surface area (Å²) in [6.45, 7) is 8.10. The molecule has 2 bridgehead atoms. The van der Waals surface area contributed by atoms with Gasteiger partial charge in [-0.3, -0.25) is 10.1 Å². The number of fused-ring (bicyclic) bond motifs is 2. The molecule has 6 atom stereocenters. The molecule has 2 saturated carbocycles. The van der Waals surface area contributed by atoms with Crippen LogP contribution >= 0.6 is 0 Å². The smallest absolute Gasteiger partial charge is 0.311 e. The van der Waals surface area contributed by atoms with Gasteiger partial charge < -0.3 is 4.74 Å². The Kier molecular flexibility index (Phi) is 4.32. The molecule has 1 unspecified atom stereocenters. The maximum Gasteiger partial charge on any atom is 0.311 e. The second-order valence-electron chi connectivity index (χ2n) is 9.97. The molecule has 0 aromatic heterocycles. The molecule has 6 nitrogen and oxygen atoms in total. The van der Waals surface area contributed by atoms with Gasteiger partial charge in [-0.1, -0.05) is 13.3 Å². The van der Waals surface area contributed by atoms with Crippen LogP contribution in [0.4, 0.5) is 0 Å². The molecule has 27 heavy (non-hydrogen) atoms. The van der Waals surface area contributed by atoms with Crippen LogP contribution < -0.4 is 0 Å². The Morgan fingerprint density at radius 1 is 1.26 bits per heavy atom. The van der Waals surface area contributed by atoms with E-state index in [-0.39, 0.29) is 29.3 Å².